The number of carbonyl (C=O) groups is 1. The molecule has 0 saturated carbocycles. The number of rotatable bonds is 5. The summed E-state index contributed by atoms with van der Waals surface area (Å²) in [6.07, 6.45) is 0. The van der Waals surface area contributed by atoms with Crippen LogP contribution in [0.4, 0.5) is 5.69 Å². The van der Waals surface area contributed by atoms with E-state index in [2.05, 4.69) is 15.6 Å². The topological polar surface area (TPSA) is 78.3 Å². The maximum absolute atomic E-state index is 12.3. The van der Waals surface area contributed by atoms with Crippen molar-refractivity contribution in [3.8, 4) is 11.5 Å². The van der Waals surface area contributed by atoms with Gasteiger partial charge in [-0.3, -0.25) is 4.79 Å². The summed E-state index contributed by atoms with van der Waals surface area (Å²) >= 11 is 6.10. The summed E-state index contributed by atoms with van der Waals surface area (Å²) in [6.45, 7) is 0.0211. The molecular weight excluding hydrogens is 332 g/mol. The number of hydrogen-bond acceptors (Lipinski definition) is 5. The van der Waals surface area contributed by atoms with E-state index in [1.54, 1.807) is 12.1 Å². The summed E-state index contributed by atoms with van der Waals surface area (Å²) in [5.41, 5.74) is 1.97. The highest BCUT2D eigenvalue weighted by molar-refractivity contribution is 6.32. The minimum atomic E-state index is -0.273. The van der Waals surface area contributed by atoms with Crippen LogP contribution in [-0.4, -0.2) is 35.1 Å². The lowest BCUT2D eigenvalue weighted by molar-refractivity contribution is -0.116. The average Bonchev–Trinajstić information content (AvgIpc) is 2.98. The van der Waals surface area contributed by atoms with E-state index in [0.717, 1.165) is 11.0 Å². The number of nitrogens with one attached hydrogen (secondary N) is 1. The van der Waals surface area contributed by atoms with Gasteiger partial charge in [-0.1, -0.05) is 28.9 Å². The fourth-order valence-corrected chi connectivity index (χ4v) is 2.56. The van der Waals surface area contributed by atoms with Crippen LogP contribution in [-0.2, 0) is 11.3 Å². The minimum Gasteiger partial charge on any atom is -0.495 e. The van der Waals surface area contributed by atoms with E-state index in [4.69, 9.17) is 21.1 Å². The molecule has 0 saturated heterocycles. The van der Waals surface area contributed by atoms with Gasteiger partial charge in [0.2, 0.25) is 5.91 Å². The molecule has 0 radical (unpaired) electrons. The van der Waals surface area contributed by atoms with Gasteiger partial charge in [-0.25, -0.2) is 4.68 Å². The second kappa shape index (κ2) is 6.76. The third-order valence-electron chi connectivity index (χ3n) is 3.46. The largest absolute Gasteiger partial charge is 0.495 e. The standard InChI is InChI=1S/C16H15ClN4O3/c1-23-14-8-15(24-2)12(7-10(14)17)18-16(22)9-21-13-6-4-3-5-11(13)19-20-21/h3-8H,9H2,1-2H3,(H,18,22). The number of fused-ring (bicyclic) bond motifs is 1. The molecule has 0 aliphatic rings. The zero-order chi connectivity index (χ0) is 17.1. The maximum atomic E-state index is 12.3. The lowest BCUT2D eigenvalue weighted by Crippen LogP contribution is -2.20. The van der Waals surface area contributed by atoms with E-state index in [-0.39, 0.29) is 12.5 Å². The number of benzene rings is 2. The molecule has 1 amide bonds. The Morgan fingerprint density at radius 2 is 1.96 bits per heavy atom. The van der Waals surface area contributed by atoms with Gasteiger partial charge < -0.3 is 14.8 Å². The molecule has 124 valence electrons. The van der Waals surface area contributed by atoms with Gasteiger partial charge in [0.1, 0.15) is 23.6 Å². The zero-order valence-electron chi connectivity index (χ0n) is 13.1. The Morgan fingerprint density at radius 3 is 2.71 bits per heavy atom. The molecule has 0 aliphatic carbocycles. The first kappa shape index (κ1) is 16.1. The molecule has 24 heavy (non-hydrogen) atoms. The van der Waals surface area contributed by atoms with Crippen LogP contribution in [0.25, 0.3) is 11.0 Å². The average molecular weight is 347 g/mol. The van der Waals surface area contributed by atoms with Crippen molar-refractivity contribution in [1.29, 1.82) is 0 Å². The molecule has 8 heteroatoms. The molecule has 3 aromatic rings. The van der Waals surface area contributed by atoms with E-state index in [1.807, 2.05) is 24.3 Å². The summed E-state index contributed by atoms with van der Waals surface area (Å²) in [7, 11) is 3.01. The summed E-state index contributed by atoms with van der Waals surface area (Å²) in [5.74, 6) is 0.645. The van der Waals surface area contributed by atoms with Gasteiger partial charge in [0.25, 0.3) is 0 Å². The van der Waals surface area contributed by atoms with Crippen LogP contribution in [0.1, 0.15) is 0 Å². The van der Waals surface area contributed by atoms with Crippen molar-refractivity contribution in [3.63, 3.8) is 0 Å². The molecule has 0 atom stereocenters. The number of anilines is 1. The van der Waals surface area contributed by atoms with E-state index in [1.165, 1.54) is 18.9 Å². The van der Waals surface area contributed by atoms with Gasteiger partial charge in [-0.05, 0) is 18.2 Å². The molecule has 0 spiro atoms. The zero-order valence-corrected chi connectivity index (χ0v) is 13.9. The molecule has 1 aromatic heterocycles. The van der Waals surface area contributed by atoms with Gasteiger partial charge in [-0.2, -0.15) is 0 Å². The molecule has 1 N–H and O–H groups in total. The highest BCUT2D eigenvalue weighted by Crippen LogP contribution is 2.35. The van der Waals surface area contributed by atoms with E-state index in [9.17, 15) is 4.79 Å². The van der Waals surface area contributed by atoms with Crippen molar-refractivity contribution >= 4 is 34.2 Å². The van der Waals surface area contributed by atoms with Crippen molar-refractivity contribution in [1.82, 2.24) is 15.0 Å². The molecule has 0 bridgehead atoms. The Balaban J connectivity index is 1.81. The first-order valence-corrected chi connectivity index (χ1v) is 7.49. The summed E-state index contributed by atoms with van der Waals surface area (Å²) in [5, 5.41) is 11.2. The van der Waals surface area contributed by atoms with Crippen molar-refractivity contribution in [2.24, 2.45) is 0 Å². The third kappa shape index (κ3) is 3.11. The number of halogens is 1. The van der Waals surface area contributed by atoms with Crippen LogP contribution < -0.4 is 14.8 Å². The highest BCUT2D eigenvalue weighted by Gasteiger charge is 2.14. The molecule has 0 aliphatic heterocycles. The van der Waals surface area contributed by atoms with Gasteiger partial charge in [0.05, 0.1) is 30.4 Å². The second-order valence-electron chi connectivity index (χ2n) is 4.97. The molecule has 2 aromatic carbocycles. The SMILES string of the molecule is COc1cc(OC)c(NC(=O)Cn2nnc3ccccc32)cc1Cl. The van der Waals surface area contributed by atoms with Gasteiger partial charge in [-0.15, -0.1) is 5.10 Å². The molecule has 0 unspecified atom stereocenters. The van der Waals surface area contributed by atoms with Crippen molar-refractivity contribution in [3.05, 3.63) is 41.4 Å². The van der Waals surface area contributed by atoms with Gasteiger partial charge >= 0.3 is 0 Å². The Hall–Kier alpha value is -2.80. The minimum absolute atomic E-state index is 0.0211. The van der Waals surface area contributed by atoms with Crippen molar-refractivity contribution in [2.45, 2.75) is 6.54 Å². The number of nitrogens with zero attached hydrogens (tertiary/aromatic N) is 3. The van der Waals surface area contributed by atoms with Crippen LogP contribution >= 0.6 is 11.6 Å². The number of amides is 1. The van der Waals surface area contributed by atoms with Crippen LogP contribution in [0.3, 0.4) is 0 Å². The number of carbonyl (C=O) groups excluding carboxylic acids is 1. The Morgan fingerprint density at radius 1 is 1.21 bits per heavy atom. The lowest BCUT2D eigenvalue weighted by atomic mass is 10.2. The fourth-order valence-electron chi connectivity index (χ4n) is 2.32. The third-order valence-corrected chi connectivity index (χ3v) is 3.76. The molecule has 3 rings (SSSR count). The first-order chi connectivity index (χ1) is 11.6. The predicted molar refractivity (Wildman–Crippen MR) is 90.7 cm³/mol. The molecule has 1 heterocycles. The Kier molecular flexibility index (Phi) is 4.52. The predicted octanol–water partition coefficient (Wildman–Crippen LogP) is 2.74. The number of para-hydroxylation sites is 1. The van der Waals surface area contributed by atoms with Gasteiger partial charge in [0, 0.05) is 6.07 Å². The quantitative estimate of drug-likeness (QED) is 0.768. The smallest absolute Gasteiger partial charge is 0.246 e. The van der Waals surface area contributed by atoms with Crippen LogP contribution in [0.5, 0.6) is 11.5 Å². The number of methoxy groups -OCH3 is 2. The van der Waals surface area contributed by atoms with E-state index in [0.29, 0.717) is 22.2 Å². The molecule has 7 nitrogen and oxygen atoms in total. The number of ether oxygens (including phenoxy) is 2. The summed E-state index contributed by atoms with van der Waals surface area (Å²) in [6, 6.07) is 10.6. The Labute approximate surface area is 143 Å². The van der Waals surface area contributed by atoms with E-state index < -0.39 is 0 Å². The number of aromatic nitrogens is 3. The van der Waals surface area contributed by atoms with Crippen LogP contribution in [0.15, 0.2) is 36.4 Å². The first-order valence-electron chi connectivity index (χ1n) is 7.12. The molecular formula is C16H15ClN4O3. The van der Waals surface area contributed by atoms with Crippen LogP contribution in [0.2, 0.25) is 5.02 Å². The van der Waals surface area contributed by atoms with Crippen LogP contribution in [0, 0.1) is 0 Å². The molecule has 0 fully saturated rings. The Bertz CT molecular complexity index is 894. The van der Waals surface area contributed by atoms with E-state index >= 15 is 0 Å². The monoisotopic (exact) mass is 346 g/mol. The van der Waals surface area contributed by atoms with Crippen molar-refractivity contribution in [2.75, 3.05) is 19.5 Å². The normalized spacial score (nSPS) is 10.6. The van der Waals surface area contributed by atoms with Gasteiger partial charge in [0.15, 0.2) is 0 Å². The van der Waals surface area contributed by atoms with Crippen molar-refractivity contribution < 1.29 is 14.3 Å². The lowest BCUT2D eigenvalue weighted by Gasteiger charge is -2.13. The maximum Gasteiger partial charge on any atom is 0.246 e. The fraction of sp³-hybridized carbons (Fsp3) is 0.188. The second-order valence-corrected chi connectivity index (χ2v) is 5.38. The summed E-state index contributed by atoms with van der Waals surface area (Å²) < 4.78 is 11.9. The highest BCUT2D eigenvalue weighted by atomic mass is 35.5. The summed E-state index contributed by atoms with van der Waals surface area (Å²) in [4.78, 5) is 12.3. The number of hydrogen-bond donors (Lipinski definition) is 1.